The fraction of sp³-hybridized carbons (Fsp3) is 0.500. The summed E-state index contributed by atoms with van der Waals surface area (Å²) in [4.78, 5) is 24.8. The van der Waals surface area contributed by atoms with Crippen LogP contribution in [0.25, 0.3) is 0 Å². The van der Waals surface area contributed by atoms with E-state index >= 15 is 0 Å². The lowest BCUT2D eigenvalue weighted by Crippen LogP contribution is -2.47. The van der Waals surface area contributed by atoms with Gasteiger partial charge in [0.2, 0.25) is 0 Å². The molecule has 1 unspecified atom stereocenters. The number of aryl methyl sites for hydroxylation is 2. The van der Waals surface area contributed by atoms with Crippen LogP contribution in [-0.4, -0.2) is 23.7 Å². The Morgan fingerprint density at radius 1 is 1.39 bits per heavy atom. The molecule has 1 aliphatic carbocycles. The molecule has 0 bridgehead atoms. The summed E-state index contributed by atoms with van der Waals surface area (Å²) in [5.41, 5.74) is -0.0259. The minimum absolute atomic E-state index is 0.112. The van der Waals surface area contributed by atoms with E-state index in [1.165, 1.54) is 21.8 Å². The number of carboxylic acid groups (broad SMARTS) is 1. The summed E-state index contributed by atoms with van der Waals surface area (Å²) < 4.78 is 0. The summed E-state index contributed by atoms with van der Waals surface area (Å²) in [6, 6.07) is 1.55. The predicted octanol–water partition coefficient (Wildman–Crippen LogP) is 1.22. The zero-order valence-corrected chi connectivity index (χ0v) is 10.6. The Bertz CT molecular complexity index is 502. The summed E-state index contributed by atoms with van der Waals surface area (Å²) in [5, 5.41) is 14.5. The van der Waals surface area contributed by atoms with Crippen molar-refractivity contribution >= 4 is 23.3 Å². The highest BCUT2D eigenvalue weighted by molar-refractivity contribution is 7.12. The highest BCUT2D eigenvalue weighted by Crippen LogP contribution is 2.36. The SMILES string of the molecule is O=C1NCC(C(=O)O)(c2cc3c(s2)CCCC3)N1. The number of carbonyl (C=O) groups excluding carboxylic acids is 1. The van der Waals surface area contributed by atoms with E-state index in [2.05, 4.69) is 10.6 Å². The van der Waals surface area contributed by atoms with Crippen LogP contribution in [0, 0.1) is 0 Å². The normalized spacial score (nSPS) is 26.3. The van der Waals surface area contributed by atoms with Gasteiger partial charge in [-0.05, 0) is 37.3 Å². The molecule has 96 valence electrons. The van der Waals surface area contributed by atoms with Crippen molar-refractivity contribution in [2.45, 2.75) is 31.2 Å². The molecule has 1 atom stereocenters. The molecule has 5 nitrogen and oxygen atoms in total. The molecule has 0 saturated carbocycles. The van der Waals surface area contributed by atoms with Crippen molar-refractivity contribution in [1.29, 1.82) is 0 Å². The summed E-state index contributed by atoms with van der Waals surface area (Å²) in [6.45, 7) is 0.112. The first-order chi connectivity index (χ1) is 8.62. The number of nitrogens with one attached hydrogen (secondary N) is 2. The lowest BCUT2D eigenvalue weighted by atomic mass is 9.95. The molecular formula is C12H14N2O3S. The number of urea groups is 1. The van der Waals surface area contributed by atoms with Gasteiger partial charge in [-0.15, -0.1) is 11.3 Å². The number of amides is 2. The average molecular weight is 266 g/mol. The third kappa shape index (κ3) is 1.59. The van der Waals surface area contributed by atoms with Crippen LogP contribution in [-0.2, 0) is 23.2 Å². The fourth-order valence-corrected chi connectivity index (χ4v) is 3.97. The van der Waals surface area contributed by atoms with E-state index in [0.29, 0.717) is 0 Å². The molecule has 0 aromatic carbocycles. The van der Waals surface area contributed by atoms with Gasteiger partial charge in [0.05, 0.1) is 6.54 Å². The largest absolute Gasteiger partial charge is 0.479 e. The predicted molar refractivity (Wildman–Crippen MR) is 66.8 cm³/mol. The zero-order valence-electron chi connectivity index (χ0n) is 9.78. The summed E-state index contributed by atoms with van der Waals surface area (Å²) >= 11 is 1.53. The Morgan fingerprint density at radius 3 is 2.78 bits per heavy atom. The smallest absolute Gasteiger partial charge is 0.336 e. The molecule has 1 aliphatic heterocycles. The van der Waals surface area contributed by atoms with E-state index in [0.717, 1.165) is 30.6 Å². The lowest BCUT2D eigenvalue weighted by Gasteiger charge is -2.20. The van der Waals surface area contributed by atoms with E-state index < -0.39 is 17.5 Å². The molecule has 1 fully saturated rings. The van der Waals surface area contributed by atoms with Gasteiger partial charge < -0.3 is 15.7 Å². The Morgan fingerprint density at radius 2 is 2.17 bits per heavy atom. The van der Waals surface area contributed by atoms with Gasteiger partial charge in [0.25, 0.3) is 0 Å². The van der Waals surface area contributed by atoms with Gasteiger partial charge in [-0.1, -0.05) is 0 Å². The first kappa shape index (κ1) is 11.5. The minimum atomic E-state index is -1.28. The second-order valence-corrected chi connectivity index (χ2v) is 5.92. The molecule has 2 heterocycles. The van der Waals surface area contributed by atoms with Gasteiger partial charge in [0.15, 0.2) is 5.54 Å². The average Bonchev–Trinajstić information content (AvgIpc) is 2.92. The molecule has 2 aliphatic rings. The van der Waals surface area contributed by atoms with Crippen LogP contribution in [0.1, 0.15) is 28.2 Å². The van der Waals surface area contributed by atoms with Crippen LogP contribution in [0.15, 0.2) is 6.07 Å². The number of hydrogen-bond acceptors (Lipinski definition) is 3. The van der Waals surface area contributed by atoms with E-state index in [1.807, 2.05) is 6.07 Å². The maximum Gasteiger partial charge on any atom is 0.336 e. The molecule has 3 N–H and O–H groups in total. The molecule has 18 heavy (non-hydrogen) atoms. The Labute approximate surface area is 108 Å². The van der Waals surface area contributed by atoms with Gasteiger partial charge >= 0.3 is 12.0 Å². The Balaban J connectivity index is 2.03. The minimum Gasteiger partial charge on any atom is -0.479 e. The van der Waals surface area contributed by atoms with E-state index in [1.54, 1.807) is 0 Å². The van der Waals surface area contributed by atoms with Gasteiger partial charge in [-0.25, -0.2) is 9.59 Å². The molecular weight excluding hydrogens is 252 g/mol. The molecule has 3 rings (SSSR count). The van der Waals surface area contributed by atoms with E-state index in [-0.39, 0.29) is 6.54 Å². The molecule has 1 saturated heterocycles. The Kier molecular flexibility index (Phi) is 2.55. The number of carbonyl (C=O) groups is 2. The van der Waals surface area contributed by atoms with Crippen molar-refractivity contribution in [3.8, 4) is 0 Å². The van der Waals surface area contributed by atoms with Crippen molar-refractivity contribution in [2.24, 2.45) is 0 Å². The second kappa shape index (κ2) is 3.98. The van der Waals surface area contributed by atoms with Crippen LogP contribution < -0.4 is 10.6 Å². The lowest BCUT2D eigenvalue weighted by molar-refractivity contribution is -0.143. The van der Waals surface area contributed by atoms with Gasteiger partial charge in [0, 0.05) is 9.75 Å². The van der Waals surface area contributed by atoms with Gasteiger partial charge in [0.1, 0.15) is 0 Å². The quantitative estimate of drug-likeness (QED) is 0.753. The number of aliphatic carboxylic acids is 1. The third-order valence-electron chi connectivity index (χ3n) is 3.62. The topological polar surface area (TPSA) is 78.4 Å². The maximum absolute atomic E-state index is 11.5. The molecule has 0 radical (unpaired) electrons. The summed E-state index contributed by atoms with van der Waals surface area (Å²) in [5.74, 6) is -1.00. The molecule has 2 amide bonds. The van der Waals surface area contributed by atoms with Crippen molar-refractivity contribution in [3.63, 3.8) is 0 Å². The van der Waals surface area contributed by atoms with Gasteiger partial charge in [-0.3, -0.25) is 0 Å². The standard InChI is InChI=1S/C12H14N2O3S/c15-10(16)12(6-13-11(17)14-12)9-5-7-3-1-2-4-8(7)18-9/h5H,1-4,6H2,(H,15,16)(H2,13,14,17). The molecule has 0 spiro atoms. The third-order valence-corrected chi connectivity index (χ3v) is 5.02. The van der Waals surface area contributed by atoms with E-state index in [4.69, 9.17) is 0 Å². The Hall–Kier alpha value is -1.56. The van der Waals surface area contributed by atoms with Crippen molar-refractivity contribution in [2.75, 3.05) is 6.54 Å². The van der Waals surface area contributed by atoms with Crippen LogP contribution in [0.3, 0.4) is 0 Å². The molecule has 1 aromatic heterocycles. The van der Waals surface area contributed by atoms with Crippen molar-refractivity contribution in [1.82, 2.24) is 10.6 Å². The first-order valence-electron chi connectivity index (χ1n) is 6.03. The number of carboxylic acids is 1. The summed E-state index contributed by atoms with van der Waals surface area (Å²) in [7, 11) is 0. The van der Waals surface area contributed by atoms with Crippen molar-refractivity contribution < 1.29 is 14.7 Å². The second-order valence-electron chi connectivity index (χ2n) is 4.78. The molecule has 1 aromatic rings. The maximum atomic E-state index is 11.5. The first-order valence-corrected chi connectivity index (χ1v) is 6.85. The number of hydrogen-bond donors (Lipinski definition) is 3. The number of rotatable bonds is 2. The fourth-order valence-electron chi connectivity index (χ4n) is 2.58. The van der Waals surface area contributed by atoms with Gasteiger partial charge in [-0.2, -0.15) is 0 Å². The highest BCUT2D eigenvalue weighted by Gasteiger charge is 2.48. The number of fused-ring (bicyclic) bond motifs is 1. The highest BCUT2D eigenvalue weighted by atomic mass is 32.1. The summed E-state index contributed by atoms with van der Waals surface area (Å²) in [6.07, 6.45) is 4.37. The monoisotopic (exact) mass is 266 g/mol. The van der Waals surface area contributed by atoms with E-state index in [9.17, 15) is 14.7 Å². The van der Waals surface area contributed by atoms with Crippen LogP contribution in [0.2, 0.25) is 0 Å². The number of thiophene rings is 1. The van der Waals surface area contributed by atoms with Crippen LogP contribution >= 0.6 is 11.3 Å². The van der Waals surface area contributed by atoms with Crippen LogP contribution in [0.5, 0.6) is 0 Å². The van der Waals surface area contributed by atoms with Crippen molar-refractivity contribution in [3.05, 3.63) is 21.4 Å². The molecule has 6 heteroatoms. The van der Waals surface area contributed by atoms with Crippen LogP contribution in [0.4, 0.5) is 4.79 Å². The zero-order chi connectivity index (χ0) is 12.8.